The van der Waals surface area contributed by atoms with E-state index in [-0.39, 0.29) is 17.6 Å². The molecule has 3 rings (SSSR count). The van der Waals surface area contributed by atoms with E-state index in [0.717, 1.165) is 4.70 Å². The van der Waals surface area contributed by atoms with Crippen LogP contribution in [0.25, 0.3) is 10.2 Å². The van der Waals surface area contributed by atoms with E-state index in [2.05, 4.69) is 17.6 Å². The van der Waals surface area contributed by atoms with Crippen molar-refractivity contribution in [2.45, 2.75) is 6.42 Å². The number of thiol groups is 1. The summed E-state index contributed by atoms with van der Waals surface area (Å²) in [4.78, 5) is 17.8. The minimum Gasteiger partial charge on any atom is -0.288 e. The van der Waals surface area contributed by atoms with Gasteiger partial charge in [-0.3, -0.25) is 9.69 Å². The van der Waals surface area contributed by atoms with Crippen molar-refractivity contribution in [2.75, 3.05) is 17.2 Å². The Balaban J connectivity index is 2.00. The molecule has 0 saturated carbocycles. The summed E-state index contributed by atoms with van der Waals surface area (Å²) in [5.74, 6) is 0.653. The number of nitrogens with zero attached hydrogens (tertiary/aromatic N) is 2. The molecule has 0 spiro atoms. The number of rotatable bonds is 2. The van der Waals surface area contributed by atoms with Crippen molar-refractivity contribution in [3.8, 4) is 0 Å². The molecule has 1 amide bonds. The van der Waals surface area contributed by atoms with Crippen molar-refractivity contribution >= 4 is 45.2 Å². The standard InChI is InChI=1S/C12H11FN2OS2/c13-8-2-1-3-9-11(8)14-12(18-9)15-5-7(6-17)4-10(15)16/h1-3,7,17H,4-6H2. The highest BCUT2D eigenvalue weighted by Gasteiger charge is 2.31. The van der Waals surface area contributed by atoms with E-state index in [9.17, 15) is 9.18 Å². The molecular weight excluding hydrogens is 271 g/mol. The fourth-order valence-corrected chi connectivity index (χ4v) is 3.36. The molecule has 0 N–H and O–H groups in total. The van der Waals surface area contributed by atoms with E-state index in [1.165, 1.54) is 17.4 Å². The number of carbonyl (C=O) groups is 1. The lowest BCUT2D eigenvalue weighted by Crippen LogP contribution is -2.24. The maximum Gasteiger partial charge on any atom is 0.229 e. The number of hydrogen-bond acceptors (Lipinski definition) is 4. The number of benzene rings is 1. The topological polar surface area (TPSA) is 33.2 Å². The first-order chi connectivity index (χ1) is 8.69. The van der Waals surface area contributed by atoms with Gasteiger partial charge in [0.1, 0.15) is 11.3 Å². The second-order valence-electron chi connectivity index (χ2n) is 4.34. The Kier molecular flexibility index (Phi) is 2.99. The van der Waals surface area contributed by atoms with E-state index < -0.39 is 0 Å². The van der Waals surface area contributed by atoms with Crippen LogP contribution < -0.4 is 4.90 Å². The number of para-hydroxylation sites is 1. The van der Waals surface area contributed by atoms with E-state index in [0.29, 0.717) is 29.4 Å². The quantitative estimate of drug-likeness (QED) is 0.859. The summed E-state index contributed by atoms with van der Waals surface area (Å²) in [5, 5.41) is 0.587. The maximum atomic E-state index is 13.6. The average molecular weight is 282 g/mol. The van der Waals surface area contributed by atoms with Crippen molar-refractivity contribution in [3.05, 3.63) is 24.0 Å². The van der Waals surface area contributed by atoms with Gasteiger partial charge in [0.25, 0.3) is 0 Å². The van der Waals surface area contributed by atoms with Gasteiger partial charge < -0.3 is 0 Å². The number of hydrogen-bond donors (Lipinski definition) is 1. The van der Waals surface area contributed by atoms with Crippen molar-refractivity contribution in [1.29, 1.82) is 0 Å². The predicted octanol–water partition coefficient (Wildman–Crippen LogP) is 2.72. The summed E-state index contributed by atoms with van der Waals surface area (Å²) >= 11 is 5.57. The van der Waals surface area contributed by atoms with Crippen LogP contribution in [0.2, 0.25) is 0 Å². The van der Waals surface area contributed by atoms with Crippen molar-refractivity contribution in [3.63, 3.8) is 0 Å². The van der Waals surface area contributed by atoms with Crippen molar-refractivity contribution < 1.29 is 9.18 Å². The van der Waals surface area contributed by atoms with Crippen LogP contribution in [0.4, 0.5) is 9.52 Å². The molecule has 94 valence electrons. The molecule has 1 fully saturated rings. The highest BCUT2D eigenvalue weighted by Crippen LogP contribution is 2.33. The molecule has 1 aromatic heterocycles. The molecule has 3 nitrogen and oxygen atoms in total. The Morgan fingerprint density at radius 3 is 3.06 bits per heavy atom. The van der Waals surface area contributed by atoms with Crippen LogP contribution in [-0.4, -0.2) is 23.2 Å². The summed E-state index contributed by atoms with van der Waals surface area (Å²) < 4.78 is 14.3. The van der Waals surface area contributed by atoms with E-state index >= 15 is 0 Å². The second-order valence-corrected chi connectivity index (χ2v) is 5.71. The summed E-state index contributed by atoms with van der Waals surface area (Å²) in [6.45, 7) is 0.629. The Morgan fingerprint density at radius 2 is 2.39 bits per heavy atom. The Morgan fingerprint density at radius 1 is 1.56 bits per heavy atom. The Hall–Kier alpha value is -1.14. The lowest BCUT2D eigenvalue weighted by atomic mass is 10.1. The van der Waals surface area contributed by atoms with Gasteiger partial charge in [0.2, 0.25) is 5.91 Å². The SMILES string of the molecule is O=C1CC(CS)CN1c1nc2c(F)cccc2s1. The third-order valence-corrected chi connectivity index (χ3v) is 4.61. The first-order valence-electron chi connectivity index (χ1n) is 5.65. The highest BCUT2D eigenvalue weighted by atomic mass is 32.1. The number of thiazole rings is 1. The molecule has 2 aromatic rings. The lowest BCUT2D eigenvalue weighted by Gasteiger charge is -2.11. The molecule has 1 unspecified atom stereocenters. The van der Waals surface area contributed by atoms with Gasteiger partial charge in [0.05, 0.1) is 4.70 Å². The first-order valence-corrected chi connectivity index (χ1v) is 7.10. The average Bonchev–Trinajstić information content (AvgIpc) is 2.93. The van der Waals surface area contributed by atoms with Crippen molar-refractivity contribution in [1.82, 2.24) is 4.98 Å². The van der Waals surface area contributed by atoms with Crippen LogP contribution in [0.15, 0.2) is 18.2 Å². The molecule has 1 atom stereocenters. The van der Waals surface area contributed by atoms with Crippen LogP contribution >= 0.6 is 24.0 Å². The zero-order valence-electron chi connectivity index (χ0n) is 9.47. The largest absolute Gasteiger partial charge is 0.288 e. The van der Waals surface area contributed by atoms with Crippen LogP contribution in [0.1, 0.15) is 6.42 Å². The lowest BCUT2D eigenvalue weighted by molar-refractivity contribution is -0.117. The fourth-order valence-electron chi connectivity index (χ4n) is 2.11. The van der Waals surface area contributed by atoms with Crippen LogP contribution in [-0.2, 0) is 4.79 Å². The molecule has 6 heteroatoms. The molecule has 1 aromatic carbocycles. The number of aromatic nitrogens is 1. The molecule has 0 radical (unpaired) electrons. The third-order valence-electron chi connectivity index (χ3n) is 3.05. The van der Waals surface area contributed by atoms with E-state index in [4.69, 9.17) is 0 Å². The highest BCUT2D eigenvalue weighted by molar-refractivity contribution is 7.80. The van der Waals surface area contributed by atoms with Crippen LogP contribution in [0.5, 0.6) is 0 Å². The van der Waals surface area contributed by atoms with Crippen molar-refractivity contribution in [2.24, 2.45) is 5.92 Å². The van der Waals surface area contributed by atoms with Crippen LogP contribution in [0.3, 0.4) is 0 Å². The Bertz CT molecular complexity index is 613. The Labute approximate surface area is 113 Å². The summed E-state index contributed by atoms with van der Waals surface area (Å²) in [6.07, 6.45) is 0.502. The minimum absolute atomic E-state index is 0.0496. The molecule has 0 aliphatic carbocycles. The van der Waals surface area contributed by atoms with Gasteiger partial charge >= 0.3 is 0 Å². The molecule has 1 aliphatic heterocycles. The zero-order valence-corrected chi connectivity index (χ0v) is 11.2. The minimum atomic E-state index is -0.340. The number of amides is 1. The molecule has 2 heterocycles. The molecular formula is C12H11FN2OS2. The van der Waals surface area contributed by atoms with Gasteiger partial charge in [-0.25, -0.2) is 9.37 Å². The van der Waals surface area contributed by atoms with E-state index in [1.807, 2.05) is 6.07 Å². The zero-order chi connectivity index (χ0) is 12.7. The molecule has 1 aliphatic rings. The fraction of sp³-hybridized carbons (Fsp3) is 0.333. The monoisotopic (exact) mass is 282 g/mol. The number of carbonyl (C=O) groups excluding carboxylic acids is 1. The summed E-state index contributed by atoms with van der Waals surface area (Å²) in [7, 11) is 0. The number of anilines is 1. The predicted molar refractivity (Wildman–Crippen MR) is 73.9 cm³/mol. The number of fused-ring (bicyclic) bond motifs is 1. The number of halogens is 1. The maximum absolute atomic E-state index is 13.6. The van der Waals surface area contributed by atoms with Gasteiger partial charge in [-0.15, -0.1) is 0 Å². The van der Waals surface area contributed by atoms with Crippen LogP contribution in [0, 0.1) is 11.7 Å². The van der Waals surface area contributed by atoms with Gasteiger partial charge in [0.15, 0.2) is 5.13 Å². The van der Waals surface area contributed by atoms with Gasteiger partial charge in [0, 0.05) is 13.0 Å². The van der Waals surface area contributed by atoms with Gasteiger partial charge in [-0.2, -0.15) is 12.6 Å². The third kappa shape index (κ3) is 1.89. The second kappa shape index (κ2) is 4.51. The first kappa shape index (κ1) is 11.9. The molecule has 1 saturated heterocycles. The molecule has 18 heavy (non-hydrogen) atoms. The normalized spacial score (nSPS) is 20.0. The van der Waals surface area contributed by atoms with Gasteiger partial charge in [-0.1, -0.05) is 17.4 Å². The smallest absolute Gasteiger partial charge is 0.229 e. The van der Waals surface area contributed by atoms with E-state index in [1.54, 1.807) is 11.0 Å². The summed E-state index contributed by atoms with van der Waals surface area (Å²) in [5.41, 5.74) is 0.347. The van der Waals surface area contributed by atoms with Gasteiger partial charge in [-0.05, 0) is 23.8 Å². The molecule has 0 bridgehead atoms. The summed E-state index contributed by atoms with van der Waals surface area (Å²) in [6, 6.07) is 4.85.